The van der Waals surface area contributed by atoms with Crippen molar-refractivity contribution in [3.8, 4) is 0 Å². The van der Waals surface area contributed by atoms with E-state index >= 15 is 0 Å². The number of nitrogens with two attached hydrogens (primary N) is 1. The standard InChI is InChI=1S/C23H31NO5S.C13H16O5S.C10H17NO/c1-14(25)16-4-6-19(7-5-16)30(28,29)24-22(2,3)21(26)10-20-17-8-15-9-18(20)13-23(27,11-15)12-17;1-9(14)10-4-6-11(7-5-10)19(17,18)8-13(2,3)12(15)16;11-9-7-1-6-2-8(9)5-10(12,3-6)4-7/h4-7,15,17-18,20,24,27H,8-13H2,1-3H3;4-7H,8H2,1-3H3,(H,15,16);6-9,12H,1-5,11H2. The maximum atomic E-state index is 13.2. The molecule has 8 fully saturated rings. The van der Waals surface area contributed by atoms with Crippen molar-refractivity contribution in [3.63, 3.8) is 0 Å². The van der Waals surface area contributed by atoms with E-state index in [-0.39, 0.29) is 38.7 Å². The van der Waals surface area contributed by atoms with E-state index in [9.17, 15) is 46.2 Å². The van der Waals surface area contributed by atoms with Crippen molar-refractivity contribution in [2.75, 3.05) is 5.75 Å². The second kappa shape index (κ2) is 17.0. The fourth-order valence-electron chi connectivity index (χ4n) is 11.7. The zero-order chi connectivity index (χ0) is 45.1. The van der Waals surface area contributed by atoms with Crippen molar-refractivity contribution in [1.82, 2.24) is 4.72 Å². The molecule has 15 heteroatoms. The van der Waals surface area contributed by atoms with E-state index in [1.54, 1.807) is 13.8 Å². The smallest absolute Gasteiger partial charge is 0.310 e. The number of rotatable bonds is 12. The minimum atomic E-state index is -3.90. The third-order valence-electron chi connectivity index (χ3n) is 14.6. The molecule has 0 aliphatic heterocycles. The SMILES string of the molecule is CC(=O)c1ccc(S(=O)(=O)CC(C)(C)C(=O)O)cc1.CC(=O)c1ccc(S(=O)(=O)NC(C)(C)C(=O)CC2C3CC4CC2CC(O)(C4)C3)cc1.NC1C2CC3CC1CC(O)(C3)C2. The number of sulfonamides is 1. The molecular formula is C46H64N2O11S2. The number of benzene rings is 2. The van der Waals surface area contributed by atoms with Crippen LogP contribution in [0.3, 0.4) is 0 Å². The number of ketones is 3. The topological polar surface area (TPSA) is 235 Å². The summed E-state index contributed by atoms with van der Waals surface area (Å²) >= 11 is 0. The van der Waals surface area contributed by atoms with Crippen molar-refractivity contribution in [1.29, 1.82) is 0 Å². The van der Waals surface area contributed by atoms with Gasteiger partial charge < -0.3 is 21.1 Å². The summed E-state index contributed by atoms with van der Waals surface area (Å²) in [6, 6.07) is 11.6. The van der Waals surface area contributed by atoms with E-state index < -0.39 is 48.1 Å². The number of carboxylic acids is 1. The summed E-state index contributed by atoms with van der Waals surface area (Å²) in [7, 11) is -7.60. The highest BCUT2D eigenvalue weighted by Crippen LogP contribution is 2.59. The van der Waals surface area contributed by atoms with Crippen molar-refractivity contribution < 1.29 is 51.3 Å². The van der Waals surface area contributed by atoms with Gasteiger partial charge in [-0.1, -0.05) is 24.3 Å². The molecule has 0 amide bonds. The summed E-state index contributed by atoms with van der Waals surface area (Å²) in [5.41, 5.74) is 3.53. The zero-order valence-electron chi connectivity index (χ0n) is 36.2. The van der Waals surface area contributed by atoms with Gasteiger partial charge in [0.05, 0.1) is 37.7 Å². The Kier molecular flexibility index (Phi) is 13.1. The van der Waals surface area contributed by atoms with Gasteiger partial charge in [-0.05, 0) is 171 Å². The molecule has 13 nitrogen and oxygen atoms in total. The molecule has 10 rings (SSSR count). The number of hydrogen-bond donors (Lipinski definition) is 5. The van der Waals surface area contributed by atoms with E-state index in [1.807, 2.05) is 0 Å². The predicted molar refractivity (Wildman–Crippen MR) is 229 cm³/mol. The van der Waals surface area contributed by atoms with E-state index in [1.165, 1.54) is 89.1 Å². The summed E-state index contributed by atoms with van der Waals surface area (Å²) in [6.45, 7) is 8.75. The van der Waals surface area contributed by atoms with Gasteiger partial charge in [-0.25, -0.2) is 16.8 Å². The molecule has 2 aromatic carbocycles. The Hall–Kier alpha value is -3.34. The summed E-state index contributed by atoms with van der Waals surface area (Å²) < 4.78 is 52.4. The summed E-state index contributed by atoms with van der Waals surface area (Å²) in [6.07, 6.45) is 10.6. The maximum absolute atomic E-state index is 13.2. The van der Waals surface area contributed by atoms with Gasteiger partial charge in [0, 0.05) is 23.6 Å². The van der Waals surface area contributed by atoms with Crippen LogP contribution in [0.15, 0.2) is 58.3 Å². The molecule has 8 aliphatic rings. The van der Waals surface area contributed by atoms with Gasteiger partial charge in [0.1, 0.15) is 0 Å². The second-order valence-corrected chi connectivity index (χ2v) is 24.3. The lowest BCUT2D eigenvalue weighted by molar-refractivity contribution is -0.158. The first-order valence-corrected chi connectivity index (χ1v) is 24.7. The van der Waals surface area contributed by atoms with E-state index in [0.717, 1.165) is 57.3 Å². The molecule has 4 atom stereocenters. The van der Waals surface area contributed by atoms with E-state index in [4.69, 9.17) is 10.8 Å². The Morgan fingerprint density at radius 3 is 1.46 bits per heavy atom. The molecule has 8 bridgehead atoms. The Labute approximate surface area is 360 Å². The molecule has 0 aromatic heterocycles. The lowest BCUT2D eigenvalue weighted by Crippen LogP contribution is -2.59. The van der Waals surface area contributed by atoms with Crippen LogP contribution in [0.25, 0.3) is 0 Å². The number of carboxylic acid groups (broad SMARTS) is 1. The fourth-order valence-corrected chi connectivity index (χ4v) is 14.9. The molecule has 8 aliphatic carbocycles. The van der Waals surface area contributed by atoms with Crippen LogP contribution < -0.4 is 10.5 Å². The highest BCUT2D eigenvalue weighted by atomic mass is 32.2. The average Bonchev–Trinajstić information content (AvgIpc) is 3.13. The van der Waals surface area contributed by atoms with Crippen LogP contribution in [0, 0.1) is 46.8 Å². The van der Waals surface area contributed by atoms with Crippen molar-refractivity contribution in [3.05, 3.63) is 59.7 Å². The zero-order valence-corrected chi connectivity index (χ0v) is 37.9. The molecule has 2 aromatic rings. The Bertz CT molecular complexity index is 2200. The number of aliphatic carboxylic acids is 1. The molecule has 0 spiro atoms. The molecule has 0 saturated heterocycles. The van der Waals surface area contributed by atoms with Crippen LogP contribution in [0.2, 0.25) is 0 Å². The van der Waals surface area contributed by atoms with E-state index in [0.29, 0.717) is 53.2 Å². The first-order valence-electron chi connectivity index (χ1n) is 21.6. The second-order valence-electron chi connectivity index (χ2n) is 20.6. The number of sulfone groups is 1. The van der Waals surface area contributed by atoms with Crippen LogP contribution >= 0.6 is 0 Å². The number of Topliss-reactive ketones (excluding diaryl/α,β-unsaturated/α-hetero) is 3. The summed E-state index contributed by atoms with van der Waals surface area (Å²) in [5.74, 6) is 1.53. The van der Waals surface area contributed by atoms with Crippen LogP contribution in [0.1, 0.15) is 133 Å². The largest absolute Gasteiger partial charge is 0.481 e. The number of aliphatic hydroxyl groups is 2. The van der Waals surface area contributed by atoms with Gasteiger partial charge in [0.15, 0.2) is 27.2 Å². The lowest BCUT2D eigenvalue weighted by Gasteiger charge is -2.58. The summed E-state index contributed by atoms with van der Waals surface area (Å²) in [5, 5.41) is 29.9. The van der Waals surface area contributed by atoms with Gasteiger partial charge in [-0.2, -0.15) is 4.72 Å². The number of carbonyl (C=O) groups is 4. The molecule has 8 saturated carbocycles. The number of hydrogen-bond acceptors (Lipinski definition) is 11. The van der Waals surface area contributed by atoms with Gasteiger partial charge in [0.2, 0.25) is 10.0 Å². The lowest BCUT2D eigenvalue weighted by atomic mass is 9.49. The molecule has 6 N–H and O–H groups in total. The van der Waals surface area contributed by atoms with Gasteiger partial charge in [-0.3, -0.25) is 19.2 Å². The summed E-state index contributed by atoms with van der Waals surface area (Å²) in [4.78, 5) is 46.7. The molecule has 61 heavy (non-hydrogen) atoms. The van der Waals surface area contributed by atoms with Crippen LogP contribution in [-0.2, 0) is 29.4 Å². The third-order valence-corrected chi connectivity index (χ3v) is 18.3. The average molecular weight is 885 g/mol. The normalized spacial score (nSPS) is 32.3. The van der Waals surface area contributed by atoms with Crippen molar-refractivity contribution in [2.45, 2.75) is 145 Å². The predicted octanol–water partition coefficient (Wildman–Crippen LogP) is 5.75. The van der Waals surface area contributed by atoms with Crippen LogP contribution in [-0.4, -0.2) is 84.0 Å². The van der Waals surface area contributed by atoms with Crippen molar-refractivity contribution in [2.24, 2.45) is 52.6 Å². The van der Waals surface area contributed by atoms with Gasteiger partial charge in [0.25, 0.3) is 0 Å². The Balaban J connectivity index is 0.000000170. The fraction of sp³-hybridized carbons (Fsp3) is 0.652. The monoisotopic (exact) mass is 884 g/mol. The minimum absolute atomic E-state index is 0.0202. The Morgan fingerprint density at radius 2 is 1.07 bits per heavy atom. The van der Waals surface area contributed by atoms with E-state index in [2.05, 4.69) is 4.72 Å². The highest BCUT2D eigenvalue weighted by Gasteiger charge is 2.56. The molecule has 0 radical (unpaired) electrons. The van der Waals surface area contributed by atoms with Gasteiger partial charge >= 0.3 is 5.97 Å². The first-order chi connectivity index (χ1) is 28.1. The maximum Gasteiger partial charge on any atom is 0.310 e. The Morgan fingerprint density at radius 1 is 0.672 bits per heavy atom. The number of carbonyl (C=O) groups excluding carboxylic acids is 3. The first kappa shape index (κ1) is 47.1. The van der Waals surface area contributed by atoms with Crippen LogP contribution in [0.5, 0.6) is 0 Å². The van der Waals surface area contributed by atoms with Crippen LogP contribution in [0.4, 0.5) is 0 Å². The van der Waals surface area contributed by atoms with Gasteiger partial charge in [-0.15, -0.1) is 0 Å². The molecule has 4 unspecified atom stereocenters. The molecular weight excluding hydrogens is 821 g/mol. The third kappa shape index (κ3) is 10.6. The minimum Gasteiger partial charge on any atom is -0.481 e. The highest BCUT2D eigenvalue weighted by molar-refractivity contribution is 7.91. The molecule has 0 heterocycles. The number of nitrogens with one attached hydrogen (secondary N) is 1. The van der Waals surface area contributed by atoms with Crippen molar-refractivity contribution >= 4 is 43.2 Å². The quantitative estimate of drug-likeness (QED) is 0.160. The molecule has 336 valence electrons.